The highest BCUT2D eigenvalue weighted by Gasteiger charge is 2.16. The Kier molecular flexibility index (Phi) is 4.15. The zero-order valence-electron chi connectivity index (χ0n) is 13.7. The number of hydrogen-bond acceptors (Lipinski definition) is 4. The zero-order chi connectivity index (χ0) is 19.0. The fraction of sp³-hybridized carbons (Fsp3) is 0.0526. The van der Waals surface area contributed by atoms with E-state index in [2.05, 4.69) is 15.0 Å². The maximum atomic E-state index is 13.6. The lowest BCUT2D eigenvalue weighted by atomic mass is 10.1. The fourth-order valence-electron chi connectivity index (χ4n) is 2.75. The Hall–Kier alpha value is -3.55. The molecule has 0 saturated heterocycles. The smallest absolute Gasteiger partial charge is 0.279 e. The molecule has 5 nitrogen and oxygen atoms in total. The van der Waals surface area contributed by atoms with Crippen LogP contribution in [0.2, 0.25) is 0 Å². The van der Waals surface area contributed by atoms with Gasteiger partial charge in [-0.25, -0.2) is 28.1 Å². The Labute approximate surface area is 150 Å². The second-order valence-corrected chi connectivity index (χ2v) is 5.84. The van der Waals surface area contributed by atoms with Crippen LogP contribution in [0.4, 0.5) is 13.2 Å². The van der Waals surface area contributed by atoms with Gasteiger partial charge in [-0.05, 0) is 35.9 Å². The summed E-state index contributed by atoms with van der Waals surface area (Å²) >= 11 is 0. The number of halogens is 3. The van der Waals surface area contributed by atoms with Crippen molar-refractivity contribution in [2.24, 2.45) is 0 Å². The number of hydrogen-bond donors (Lipinski definition) is 0. The van der Waals surface area contributed by atoms with E-state index in [4.69, 9.17) is 0 Å². The third-order valence-corrected chi connectivity index (χ3v) is 4.06. The van der Waals surface area contributed by atoms with E-state index >= 15 is 0 Å². The van der Waals surface area contributed by atoms with Crippen LogP contribution in [0, 0.1) is 17.5 Å². The molecule has 0 bridgehead atoms. The molecule has 134 valence electrons. The van der Waals surface area contributed by atoms with Crippen LogP contribution in [0.15, 0.2) is 59.8 Å². The van der Waals surface area contributed by atoms with E-state index in [9.17, 15) is 18.0 Å². The van der Waals surface area contributed by atoms with Gasteiger partial charge < -0.3 is 0 Å². The average Bonchev–Trinajstić information content (AvgIpc) is 2.67. The molecule has 0 aliphatic rings. The minimum Gasteiger partial charge on any atom is -0.285 e. The predicted molar refractivity (Wildman–Crippen MR) is 92.4 cm³/mol. The van der Waals surface area contributed by atoms with Crippen molar-refractivity contribution in [1.29, 1.82) is 0 Å². The maximum absolute atomic E-state index is 13.6. The lowest BCUT2D eigenvalue weighted by Gasteiger charge is -2.11. The van der Waals surface area contributed by atoms with Crippen molar-refractivity contribution in [3.8, 4) is 11.3 Å². The third kappa shape index (κ3) is 3.17. The van der Waals surface area contributed by atoms with Gasteiger partial charge in [-0.15, -0.1) is 0 Å². The summed E-state index contributed by atoms with van der Waals surface area (Å²) in [5, 5.41) is 0. The van der Waals surface area contributed by atoms with Gasteiger partial charge in [-0.2, -0.15) is 0 Å². The van der Waals surface area contributed by atoms with E-state index in [0.29, 0.717) is 11.1 Å². The van der Waals surface area contributed by atoms with Gasteiger partial charge in [0, 0.05) is 5.56 Å². The number of aromatic nitrogens is 4. The molecule has 0 saturated carbocycles. The highest BCUT2D eigenvalue weighted by Crippen LogP contribution is 2.19. The normalized spacial score (nSPS) is 11.1. The van der Waals surface area contributed by atoms with Crippen LogP contribution in [0.3, 0.4) is 0 Å². The van der Waals surface area contributed by atoms with Gasteiger partial charge in [0.05, 0.1) is 12.7 Å². The summed E-state index contributed by atoms with van der Waals surface area (Å²) in [6, 6.07) is 8.79. The maximum Gasteiger partial charge on any atom is 0.279 e. The molecule has 0 atom stereocenters. The van der Waals surface area contributed by atoms with Crippen LogP contribution in [0.5, 0.6) is 0 Å². The first-order valence-corrected chi connectivity index (χ1v) is 7.93. The van der Waals surface area contributed by atoms with Crippen molar-refractivity contribution < 1.29 is 13.2 Å². The van der Waals surface area contributed by atoms with Crippen molar-refractivity contribution >= 4 is 11.2 Å². The van der Waals surface area contributed by atoms with Crippen LogP contribution in [0.1, 0.15) is 5.56 Å². The van der Waals surface area contributed by atoms with Gasteiger partial charge in [0.25, 0.3) is 5.56 Å². The van der Waals surface area contributed by atoms with E-state index in [0.717, 1.165) is 12.1 Å². The average molecular weight is 368 g/mol. The van der Waals surface area contributed by atoms with Crippen molar-refractivity contribution in [2.75, 3.05) is 0 Å². The van der Waals surface area contributed by atoms with Gasteiger partial charge >= 0.3 is 0 Å². The second-order valence-electron chi connectivity index (χ2n) is 5.84. The first-order valence-electron chi connectivity index (χ1n) is 7.93. The summed E-state index contributed by atoms with van der Waals surface area (Å²) in [5.41, 5.74) is 0.817. The summed E-state index contributed by atoms with van der Waals surface area (Å²) in [6.45, 7) is 0.103. The molecule has 0 aliphatic carbocycles. The van der Waals surface area contributed by atoms with E-state index in [1.54, 1.807) is 12.1 Å². The van der Waals surface area contributed by atoms with Crippen LogP contribution in [-0.4, -0.2) is 19.5 Å². The molecular weight excluding hydrogens is 357 g/mol. The minimum atomic E-state index is -1.08. The first kappa shape index (κ1) is 16.9. The molecule has 0 aliphatic heterocycles. The summed E-state index contributed by atoms with van der Waals surface area (Å²) in [7, 11) is 0. The Morgan fingerprint density at radius 2 is 1.74 bits per heavy atom. The Balaban J connectivity index is 1.93. The number of fused-ring (bicyclic) bond motifs is 1. The van der Waals surface area contributed by atoms with Gasteiger partial charge in [-0.3, -0.25) is 9.36 Å². The van der Waals surface area contributed by atoms with Gasteiger partial charge in [0.15, 0.2) is 17.3 Å². The van der Waals surface area contributed by atoms with Crippen LogP contribution < -0.4 is 5.56 Å². The molecule has 0 fully saturated rings. The van der Waals surface area contributed by atoms with Gasteiger partial charge in [-0.1, -0.05) is 12.1 Å². The molecule has 2 aromatic heterocycles. The Bertz CT molecular complexity index is 1210. The molecule has 0 N–H and O–H groups in total. The largest absolute Gasteiger partial charge is 0.285 e. The zero-order valence-corrected chi connectivity index (χ0v) is 13.7. The summed E-state index contributed by atoms with van der Waals surface area (Å²) in [4.78, 5) is 25.2. The quantitative estimate of drug-likeness (QED) is 0.557. The Morgan fingerprint density at radius 3 is 2.48 bits per heavy atom. The molecule has 4 rings (SSSR count). The second kappa shape index (κ2) is 6.64. The Morgan fingerprint density at radius 1 is 0.963 bits per heavy atom. The van der Waals surface area contributed by atoms with E-state index < -0.39 is 23.0 Å². The molecule has 0 amide bonds. The van der Waals surface area contributed by atoms with Crippen LogP contribution in [0.25, 0.3) is 22.4 Å². The fourth-order valence-corrected chi connectivity index (χ4v) is 2.75. The summed E-state index contributed by atoms with van der Waals surface area (Å²) in [6.07, 6.45) is 2.70. The molecule has 0 radical (unpaired) electrons. The molecule has 0 unspecified atom stereocenters. The molecule has 8 heteroatoms. The lowest BCUT2D eigenvalue weighted by molar-refractivity contribution is 0.509. The van der Waals surface area contributed by atoms with Gasteiger partial charge in [0.1, 0.15) is 23.4 Å². The molecule has 2 aromatic carbocycles. The predicted octanol–water partition coefficient (Wildman–Crippen LogP) is 3.32. The van der Waals surface area contributed by atoms with Crippen LogP contribution in [-0.2, 0) is 6.54 Å². The first-order chi connectivity index (χ1) is 13.0. The van der Waals surface area contributed by atoms with E-state index in [1.165, 1.54) is 35.3 Å². The molecule has 0 spiro atoms. The van der Waals surface area contributed by atoms with Crippen molar-refractivity contribution in [1.82, 2.24) is 19.5 Å². The van der Waals surface area contributed by atoms with E-state index in [-0.39, 0.29) is 23.4 Å². The van der Waals surface area contributed by atoms with E-state index in [1.807, 2.05) is 0 Å². The summed E-state index contributed by atoms with van der Waals surface area (Å²) < 4.78 is 41.4. The SMILES string of the molecule is O=c1c(-c2ccc(F)c(F)c2)nc2cncnc2n1Cc1ccc(F)cc1. The third-order valence-electron chi connectivity index (χ3n) is 4.06. The monoisotopic (exact) mass is 368 g/mol. The highest BCUT2D eigenvalue weighted by molar-refractivity contribution is 5.73. The highest BCUT2D eigenvalue weighted by atomic mass is 19.2. The number of rotatable bonds is 3. The van der Waals surface area contributed by atoms with Crippen LogP contribution >= 0.6 is 0 Å². The van der Waals surface area contributed by atoms with Gasteiger partial charge in [0.2, 0.25) is 0 Å². The minimum absolute atomic E-state index is 0.0571. The topological polar surface area (TPSA) is 60.7 Å². The standard InChI is InChI=1S/C19H11F3N4O/c20-13-4-1-11(2-5-13)9-26-18-16(8-23-10-24-18)25-17(19(26)27)12-3-6-14(21)15(22)7-12/h1-8,10H,9H2. The lowest BCUT2D eigenvalue weighted by Crippen LogP contribution is -2.25. The number of nitrogens with zero attached hydrogens (tertiary/aromatic N) is 4. The van der Waals surface area contributed by atoms with Crippen molar-refractivity contribution in [2.45, 2.75) is 6.54 Å². The molecular formula is C19H11F3N4O. The van der Waals surface area contributed by atoms with Crippen molar-refractivity contribution in [3.05, 3.63) is 88.4 Å². The molecule has 4 aromatic rings. The molecule has 2 heterocycles. The molecule has 27 heavy (non-hydrogen) atoms. The summed E-state index contributed by atoms with van der Waals surface area (Å²) in [5.74, 6) is -2.49. The van der Waals surface area contributed by atoms with Crippen molar-refractivity contribution in [3.63, 3.8) is 0 Å². The number of benzene rings is 2.